The molecule has 1 saturated carbocycles. The lowest BCUT2D eigenvalue weighted by Crippen LogP contribution is -2.31. The summed E-state index contributed by atoms with van der Waals surface area (Å²) < 4.78 is 1.44. The third-order valence-electron chi connectivity index (χ3n) is 4.29. The topological polar surface area (TPSA) is 75.4 Å². The monoisotopic (exact) mass is 297 g/mol. The molecule has 20 heavy (non-hydrogen) atoms. The highest BCUT2D eigenvalue weighted by atomic mass is 35.5. The fraction of sp³-hybridized carbons (Fsp3) is 0.615. The summed E-state index contributed by atoms with van der Waals surface area (Å²) in [5.41, 5.74) is 0.326. The number of amides is 1. The van der Waals surface area contributed by atoms with Gasteiger partial charge in [-0.05, 0) is 24.7 Å². The Morgan fingerprint density at radius 3 is 2.60 bits per heavy atom. The Labute approximate surface area is 121 Å². The van der Waals surface area contributed by atoms with Gasteiger partial charge in [-0.1, -0.05) is 11.6 Å². The van der Waals surface area contributed by atoms with E-state index < -0.39 is 11.9 Å². The van der Waals surface area contributed by atoms with Gasteiger partial charge in [-0.15, -0.1) is 0 Å². The van der Waals surface area contributed by atoms with Crippen LogP contribution in [0.5, 0.6) is 0 Å². The van der Waals surface area contributed by atoms with Crippen LogP contribution in [0.25, 0.3) is 0 Å². The van der Waals surface area contributed by atoms with Crippen molar-refractivity contribution in [3.05, 3.63) is 16.9 Å². The van der Waals surface area contributed by atoms with Gasteiger partial charge < -0.3 is 10.0 Å². The maximum absolute atomic E-state index is 12.5. The third-order valence-corrected chi connectivity index (χ3v) is 4.57. The molecular formula is C13H16ClN3O3. The number of nitrogens with zero attached hydrogens (tertiary/aromatic N) is 3. The van der Waals surface area contributed by atoms with E-state index in [4.69, 9.17) is 11.6 Å². The maximum atomic E-state index is 12.5. The number of rotatable bonds is 3. The second-order valence-corrected chi connectivity index (χ2v) is 6.03. The Morgan fingerprint density at radius 1 is 1.40 bits per heavy atom. The molecule has 2 heterocycles. The normalized spacial score (nSPS) is 26.0. The first-order valence-corrected chi connectivity index (χ1v) is 7.06. The lowest BCUT2D eigenvalue weighted by atomic mass is 9.92. The number of hydrogen-bond acceptors (Lipinski definition) is 3. The van der Waals surface area contributed by atoms with Crippen molar-refractivity contribution in [2.24, 2.45) is 24.8 Å². The van der Waals surface area contributed by atoms with E-state index in [-0.39, 0.29) is 18.4 Å². The smallest absolute Gasteiger partial charge is 0.308 e. The summed E-state index contributed by atoms with van der Waals surface area (Å²) in [5.74, 6) is -0.976. The standard InChI is InChI=1S/C13H16ClN3O3/c1-16-11(10(14)4-15-16)12(18)17-5-8(7-2-3-7)9(6-17)13(19)20/h4,7-9H,2-3,5-6H2,1H3,(H,19,20)/t8-,9+/m0/s1. The van der Waals surface area contributed by atoms with Gasteiger partial charge in [-0.2, -0.15) is 5.10 Å². The minimum atomic E-state index is -0.812. The molecular weight excluding hydrogens is 282 g/mol. The van der Waals surface area contributed by atoms with Crippen LogP contribution in [-0.2, 0) is 11.8 Å². The highest BCUT2D eigenvalue weighted by Gasteiger charge is 2.47. The average molecular weight is 298 g/mol. The molecule has 108 valence electrons. The Bertz CT molecular complexity index is 548. The van der Waals surface area contributed by atoms with Gasteiger partial charge in [0.2, 0.25) is 0 Å². The number of halogens is 1. The molecule has 2 aliphatic rings. The van der Waals surface area contributed by atoms with E-state index >= 15 is 0 Å². The highest BCUT2D eigenvalue weighted by Crippen LogP contribution is 2.44. The molecule has 1 amide bonds. The van der Waals surface area contributed by atoms with Crippen LogP contribution in [-0.4, -0.2) is 44.8 Å². The molecule has 1 aliphatic heterocycles. The maximum Gasteiger partial charge on any atom is 0.308 e. The number of carbonyl (C=O) groups excluding carboxylic acids is 1. The predicted octanol–water partition coefficient (Wildman–Crippen LogP) is 1.26. The van der Waals surface area contributed by atoms with E-state index in [2.05, 4.69) is 5.10 Å². The lowest BCUT2D eigenvalue weighted by molar-refractivity contribution is -0.142. The van der Waals surface area contributed by atoms with Crippen LogP contribution >= 0.6 is 11.6 Å². The van der Waals surface area contributed by atoms with Gasteiger partial charge >= 0.3 is 5.97 Å². The predicted molar refractivity (Wildman–Crippen MR) is 71.5 cm³/mol. The summed E-state index contributed by atoms with van der Waals surface area (Å²) in [4.78, 5) is 25.4. The number of carbonyl (C=O) groups is 2. The molecule has 3 rings (SSSR count). The Kier molecular flexibility index (Phi) is 3.20. The van der Waals surface area contributed by atoms with Gasteiger partial charge in [0.25, 0.3) is 5.91 Å². The first-order valence-electron chi connectivity index (χ1n) is 6.68. The molecule has 1 aromatic rings. The summed E-state index contributed by atoms with van der Waals surface area (Å²) in [6.07, 6.45) is 3.57. The van der Waals surface area contributed by atoms with Crippen LogP contribution in [0.3, 0.4) is 0 Å². The minimum absolute atomic E-state index is 0.0726. The fourth-order valence-electron chi connectivity index (χ4n) is 3.06. The van der Waals surface area contributed by atoms with Gasteiger partial charge in [-0.25, -0.2) is 0 Å². The largest absolute Gasteiger partial charge is 0.481 e. The molecule has 0 unspecified atom stereocenters. The zero-order chi connectivity index (χ0) is 14.4. The van der Waals surface area contributed by atoms with E-state index in [1.807, 2.05) is 0 Å². The van der Waals surface area contributed by atoms with Crippen molar-refractivity contribution in [2.75, 3.05) is 13.1 Å². The number of aromatic nitrogens is 2. The van der Waals surface area contributed by atoms with Crippen molar-refractivity contribution < 1.29 is 14.7 Å². The zero-order valence-electron chi connectivity index (χ0n) is 11.1. The molecule has 2 fully saturated rings. The van der Waals surface area contributed by atoms with Crippen LogP contribution < -0.4 is 0 Å². The van der Waals surface area contributed by atoms with Crippen molar-refractivity contribution in [3.63, 3.8) is 0 Å². The van der Waals surface area contributed by atoms with Crippen molar-refractivity contribution in [1.29, 1.82) is 0 Å². The van der Waals surface area contributed by atoms with Gasteiger partial charge in [0.05, 0.1) is 17.1 Å². The summed E-state index contributed by atoms with van der Waals surface area (Å²) >= 11 is 5.98. The molecule has 1 aromatic heterocycles. The summed E-state index contributed by atoms with van der Waals surface area (Å²) in [6.45, 7) is 0.763. The summed E-state index contributed by atoms with van der Waals surface area (Å²) in [5, 5.41) is 13.6. The number of aliphatic carboxylic acids is 1. The van der Waals surface area contributed by atoms with Crippen molar-refractivity contribution >= 4 is 23.5 Å². The van der Waals surface area contributed by atoms with Crippen LogP contribution in [0, 0.1) is 17.8 Å². The van der Waals surface area contributed by atoms with Gasteiger partial charge in [-0.3, -0.25) is 14.3 Å². The molecule has 0 aromatic carbocycles. The fourth-order valence-corrected chi connectivity index (χ4v) is 3.31. The van der Waals surface area contributed by atoms with E-state index in [0.717, 1.165) is 12.8 Å². The van der Waals surface area contributed by atoms with Crippen LogP contribution in [0.4, 0.5) is 0 Å². The molecule has 1 saturated heterocycles. The SMILES string of the molecule is Cn1ncc(Cl)c1C(=O)N1C[C@@H](C(=O)O)[C@H](C2CC2)C1. The molecule has 0 bridgehead atoms. The Morgan fingerprint density at radius 2 is 2.10 bits per heavy atom. The van der Waals surface area contributed by atoms with Crippen LogP contribution in [0.2, 0.25) is 5.02 Å². The van der Waals surface area contributed by atoms with E-state index in [9.17, 15) is 14.7 Å². The summed E-state index contributed by atoms with van der Waals surface area (Å²) in [7, 11) is 1.65. The summed E-state index contributed by atoms with van der Waals surface area (Å²) in [6, 6.07) is 0. The molecule has 6 nitrogen and oxygen atoms in total. The quantitative estimate of drug-likeness (QED) is 0.911. The van der Waals surface area contributed by atoms with E-state index in [1.165, 1.54) is 10.9 Å². The molecule has 0 spiro atoms. The first kappa shape index (κ1) is 13.4. The Balaban J connectivity index is 1.81. The number of likely N-dealkylation sites (tertiary alicyclic amines) is 1. The van der Waals surface area contributed by atoms with Crippen LogP contribution in [0.15, 0.2) is 6.20 Å². The van der Waals surface area contributed by atoms with E-state index in [0.29, 0.717) is 23.2 Å². The first-order chi connectivity index (χ1) is 9.49. The van der Waals surface area contributed by atoms with Crippen molar-refractivity contribution in [3.8, 4) is 0 Å². The highest BCUT2D eigenvalue weighted by molar-refractivity contribution is 6.33. The number of carboxylic acid groups (broad SMARTS) is 1. The van der Waals surface area contributed by atoms with Crippen LogP contribution in [0.1, 0.15) is 23.3 Å². The zero-order valence-corrected chi connectivity index (χ0v) is 11.9. The average Bonchev–Trinajstić information content (AvgIpc) is 3.05. The minimum Gasteiger partial charge on any atom is -0.481 e. The third kappa shape index (κ3) is 2.18. The van der Waals surface area contributed by atoms with E-state index in [1.54, 1.807) is 11.9 Å². The van der Waals surface area contributed by atoms with Gasteiger partial charge in [0.15, 0.2) is 0 Å². The number of aryl methyl sites for hydroxylation is 1. The molecule has 1 aliphatic carbocycles. The van der Waals surface area contributed by atoms with Crippen molar-refractivity contribution in [1.82, 2.24) is 14.7 Å². The molecule has 7 heteroatoms. The van der Waals surface area contributed by atoms with Gasteiger partial charge in [0.1, 0.15) is 5.69 Å². The number of carboxylic acids is 1. The molecule has 0 radical (unpaired) electrons. The lowest BCUT2D eigenvalue weighted by Gasteiger charge is -2.16. The number of hydrogen-bond donors (Lipinski definition) is 1. The second-order valence-electron chi connectivity index (χ2n) is 5.62. The Hall–Kier alpha value is -1.56. The second kappa shape index (κ2) is 4.77. The van der Waals surface area contributed by atoms with Gasteiger partial charge in [0, 0.05) is 20.1 Å². The van der Waals surface area contributed by atoms with Crippen molar-refractivity contribution in [2.45, 2.75) is 12.8 Å². The molecule has 1 N–H and O–H groups in total. The molecule has 2 atom stereocenters.